The first-order chi connectivity index (χ1) is 11.5. The van der Waals surface area contributed by atoms with E-state index in [1.54, 1.807) is 24.3 Å². The molecule has 6 heteroatoms. The molecule has 1 atom stereocenters. The summed E-state index contributed by atoms with van der Waals surface area (Å²) in [5, 5.41) is 0. The zero-order valence-electron chi connectivity index (χ0n) is 13.0. The van der Waals surface area contributed by atoms with Gasteiger partial charge in [0.25, 0.3) is 5.91 Å². The van der Waals surface area contributed by atoms with Crippen LogP contribution in [0.4, 0.5) is 8.78 Å². The van der Waals surface area contributed by atoms with E-state index in [4.69, 9.17) is 4.74 Å². The maximum Gasteiger partial charge on any atom is 0.339 e. The van der Waals surface area contributed by atoms with Crippen molar-refractivity contribution in [3.63, 3.8) is 0 Å². The minimum atomic E-state index is -0.944. The highest BCUT2D eigenvalue weighted by molar-refractivity contribution is 5.95. The Bertz CT molecular complexity index is 807. The number of halogens is 2. The first-order valence-electron chi connectivity index (χ1n) is 7.43. The zero-order chi connectivity index (χ0) is 17.3. The van der Waals surface area contributed by atoms with Crippen LogP contribution in [0.1, 0.15) is 21.5 Å². The largest absolute Gasteiger partial charge is 0.448 e. The Morgan fingerprint density at radius 3 is 2.75 bits per heavy atom. The number of hydrogen-bond donors (Lipinski definition) is 0. The van der Waals surface area contributed by atoms with Gasteiger partial charge in [-0.2, -0.15) is 0 Å². The highest BCUT2D eigenvalue weighted by Gasteiger charge is 2.32. The molecule has 0 spiro atoms. The molecule has 1 heterocycles. The zero-order valence-corrected chi connectivity index (χ0v) is 13.0. The molecule has 1 aliphatic rings. The SMILES string of the molecule is CN(Cc1ccc(F)cc1F)C(=O)C1Cc2ccccc2C(=O)O1. The van der Waals surface area contributed by atoms with Crippen molar-refractivity contribution in [1.29, 1.82) is 0 Å². The summed E-state index contributed by atoms with van der Waals surface area (Å²) in [6, 6.07) is 10.1. The van der Waals surface area contributed by atoms with Crippen molar-refractivity contribution in [2.45, 2.75) is 19.1 Å². The molecule has 2 aromatic rings. The Kier molecular flexibility index (Phi) is 4.29. The van der Waals surface area contributed by atoms with Gasteiger partial charge in [-0.15, -0.1) is 0 Å². The van der Waals surface area contributed by atoms with Gasteiger partial charge in [-0.05, 0) is 17.7 Å². The summed E-state index contributed by atoms with van der Waals surface area (Å²) >= 11 is 0. The summed E-state index contributed by atoms with van der Waals surface area (Å²) in [5.74, 6) is -2.37. The van der Waals surface area contributed by atoms with Crippen LogP contribution in [-0.2, 0) is 22.5 Å². The summed E-state index contributed by atoms with van der Waals surface area (Å²) in [5.41, 5.74) is 1.39. The van der Waals surface area contributed by atoms with Gasteiger partial charge < -0.3 is 9.64 Å². The van der Waals surface area contributed by atoms with E-state index in [1.807, 2.05) is 0 Å². The van der Waals surface area contributed by atoms with E-state index in [0.29, 0.717) is 5.56 Å². The normalized spacial score (nSPS) is 16.3. The number of amides is 1. The minimum Gasteiger partial charge on any atom is -0.448 e. The number of carbonyl (C=O) groups is 2. The van der Waals surface area contributed by atoms with Crippen LogP contribution in [0.2, 0.25) is 0 Å². The first-order valence-corrected chi connectivity index (χ1v) is 7.43. The third-order valence-electron chi connectivity index (χ3n) is 3.97. The number of carbonyl (C=O) groups excluding carboxylic acids is 2. The molecule has 1 unspecified atom stereocenters. The fraction of sp³-hybridized carbons (Fsp3) is 0.222. The Morgan fingerprint density at radius 2 is 2.00 bits per heavy atom. The number of esters is 1. The highest BCUT2D eigenvalue weighted by Crippen LogP contribution is 2.22. The number of hydrogen-bond acceptors (Lipinski definition) is 3. The van der Waals surface area contributed by atoms with Gasteiger partial charge in [-0.3, -0.25) is 4.79 Å². The van der Waals surface area contributed by atoms with Gasteiger partial charge in [0, 0.05) is 31.6 Å². The summed E-state index contributed by atoms with van der Waals surface area (Å²) in [6.07, 6.45) is -0.669. The van der Waals surface area contributed by atoms with Gasteiger partial charge >= 0.3 is 5.97 Å². The van der Waals surface area contributed by atoms with Gasteiger partial charge in [-0.25, -0.2) is 13.6 Å². The third kappa shape index (κ3) is 3.13. The topological polar surface area (TPSA) is 46.6 Å². The van der Waals surface area contributed by atoms with Gasteiger partial charge in [0.1, 0.15) is 11.6 Å². The molecule has 1 amide bonds. The van der Waals surface area contributed by atoms with Crippen LogP contribution in [-0.4, -0.2) is 29.9 Å². The second kappa shape index (κ2) is 6.39. The average molecular weight is 331 g/mol. The van der Waals surface area contributed by atoms with E-state index in [-0.39, 0.29) is 18.5 Å². The van der Waals surface area contributed by atoms with Gasteiger partial charge in [0.15, 0.2) is 6.10 Å². The van der Waals surface area contributed by atoms with Crippen LogP contribution in [0.3, 0.4) is 0 Å². The van der Waals surface area contributed by atoms with E-state index in [1.165, 1.54) is 18.0 Å². The molecule has 0 aromatic heterocycles. The second-order valence-electron chi connectivity index (χ2n) is 5.69. The van der Waals surface area contributed by atoms with Crippen LogP contribution >= 0.6 is 0 Å². The molecule has 24 heavy (non-hydrogen) atoms. The molecule has 0 radical (unpaired) electrons. The van der Waals surface area contributed by atoms with Crippen molar-refractivity contribution in [2.24, 2.45) is 0 Å². The van der Waals surface area contributed by atoms with Crippen LogP contribution in [0.5, 0.6) is 0 Å². The lowest BCUT2D eigenvalue weighted by Crippen LogP contribution is -2.42. The molecule has 0 saturated heterocycles. The number of fused-ring (bicyclic) bond motifs is 1. The lowest BCUT2D eigenvalue weighted by molar-refractivity contribution is -0.140. The molecule has 0 bridgehead atoms. The van der Waals surface area contributed by atoms with Crippen molar-refractivity contribution in [3.8, 4) is 0 Å². The maximum absolute atomic E-state index is 13.7. The Balaban J connectivity index is 1.73. The predicted molar refractivity (Wildman–Crippen MR) is 82.2 cm³/mol. The number of ether oxygens (including phenoxy) is 1. The number of nitrogens with zero attached hydrogens (tertiary/aromatic N) is 1. The quantitative estimate of drug-likeness (QED) is 0.813. The third-order valence-corrected chi connectivity index (χ3v) is 3.97. The average Bonchev–Trinajstić information content (AvgIpc) is 2.56. The summed E-state index contributed by atoms with van der Waals surface area (Å²) in [4.78, 5) is 25.7. The van der Waals surface area contributed by atoms with E-state index < -0.39 is 29.6 Å². The molecule has 0 N–H and O–H groups in total. The fourth-order valence-electron chi connectivity index (χ4n) is 2.70. The van der Waals surface area contributed by atoms with Gasteiger partial charge in [0.05, 0.1) is 5.56 Å². The van der Waals surface area contributed by atoms with Crippen molar-refractivity contribution in [3.05, 3.63) is 70.8 Å². The number of likely N-dealkylation sites (N-methyl/N-ethyl adjacent to an activating group) is 1. The van der Waals surface area contributed by atoms with E-state index in [2.05, 4.69) is 0 Å². The summed E-state index contributed by atoms with van der Waals surface area (Å²) in [7, 11) is 1.49. The van der Waals surface area contributed by atoms with Gasteiger partial charge in [0.2, 0.25) is 0 Å². The Morgan fingerprint density at radius 1 is 1.25 bits per heavy atom. The number of benzene rings is 2. The molecule has 124 valence electrons. The molecule has 0 aliphatic carbocycles. The maximum atomic E-state index is 13.7. The molecule has 0 fully saturated rings. The predicted octanol–water partition coefficient (Wildman–Crippen LogP) is 2.70. The Labute approximate surface area is 137 Å². The summed E-state index contributed by atoms with van der Waals surface area (Å²) < 4.78 is 31.9. The lowest BCUT2D eigenvalue weighted by Gasteiger charge is -2.27. The molecular formula is C18H15F2NO3. The van der Waals surface area contributed by atoms with Crippen LogP contribution in [0.15, 0.2) is 42.5 Å². The molecule has 1 aliphatic heterocycles. The van der Waals surface area contributed by atoms with Crippen molar-refractivity contribution in [1.82, 2.24) is 4.90 Å². The smallest absolute Gasteiger partial charge is 0.339 e. The minimum absolute atomic E-state index is 0.0410. The van der Waals surface area contributed by atoms with Crippen LogP contribution in [0.25, 0.3) is 0 Å². The van der Waals surface area contributed by atoms with E-state index in [0.717, 1.165) is 17.7 Å². The first kappa shape index (κ1) is 16.1. The fourth-order valence-corrected chi connectivity index (χ4v) is 2.70. The lowest BCUT2D eigenvalue weighted by atomic mass is 9.98. The van der Waals surface area contributed by atoms with Crippen molar-refractivity contribution in [2.75, 3.05) is 7.05 Å². The standard InChI is InChI=1S/C18H15F2NO3/c1-21(10-12-6-7-13(19)9-15(12)20)17(22)16-8-11-4-2-3-5-14(11)18(23)24-16/h2-7,9,16H,8,10H2,1H3. The molecular weight excluding hydrogens is 316 g/mol. The van der Waals surface area contributed by atoms with E-state index in [9.17, 15) is 18.4 Å². The number of cyclic esters (lactones) is 1. The molecule has 2 aromatic carbocycles. The van der Waals surface area contributed by atoms with Crippen LogP contribution in [0, 0.1) is 11.6 Å². The van der Waals surface area contributed by atoms with Gasteiger partial charge in [-0.1, -0.05) is 24.3 Å². The van der Waals surface area contributed by atoms with Crippen molar-refractivity contribution >= 4 is 11.9 Å². The van der Waals surface area contributed by atoms with Crippen LogP contribution < -0.4 is 0 Å². The van der Waals surface area contributed by atoms with E-state index >= 15 is 0 Å². The highest BCUT2D eigenvalue weighted by atomic mass is 19.1. The molecule has 0 saturated carbocycles. The monoisotopic (exact) mass is 331 g/mol. The summed E-state index contributed by atoms with van der Waals surface area (Å²) in [6.45, 7) is -0.0410. The number of rotatable bonds is 3. The Hall–Kier alpha value is -2.76. The van der Waals surface area contributed by atoms with Crippen molar-refractivity contribution < 1.29 is 23.1 Å². The second-order valence-corrected chi connectivity index (χ2v) is 5.69. The molecule has 3 rings (SSSR count). The molecule has 4 nitrogen and oxygen atoms in total.